The van der Waals surface area contributed by atoms with Crippen molar-refractivity contribution in [2.24, 2.45) is 0 Å². The number of rotatable bonds is 7. The van der Waals surface area contributed by atoms with Crippen molar-refractivity contribution in [3.63, 3.8) is 0 Å². The minimum Gasteiger partial charge on any atom is -0.481 e. The standard InChI is InChI=1S/C12H13NO5S/c14-10(5-3-8-2-1-7-19-8)13-9(12(17)18)4-6-11(15)16/h1-3,5,7,9H,4,6H2,(H,13,14)(H,15,16)(H,17,18)/b5-3+. The van der Waals surface area contributed by atoms with E-state index >= 15 is 0 Å². The molecule has 1 amide bonds. The van der Waals surface area contributed by atoms with Crippen LogP contribution in [0.4, 0.5) is 0 Å². The van der Waals surface area contributed by atoms with Crippen molar-refractivity contribution < 1.29 is 24.6 Å². The van der Waals surface area contributed by atoms with Gasteiger partial charge in [0.2, 0.25) is 5.91 Å². The second-order valence-corrected chi connectivity index (χ2v) is 4.66. The second-order valence-electron chi connectivity index (χ2n) is 3.68. The maximum absolute atomic E-state index is 11.5. The first kappa shape index (κ1) is 14.9. The van der Waals surface area contributed by atoms with E-state index in [1.165, 1.54) is 17.4 Å². The number of hydrogen-bond donors (Lipinski definition) is 3. The third-order valence-corrected chi connectivity index (χ3v) is 3.04. The molecule has 3 N–H and O–H groups in total. The molecule has 0 aliphatic heterocycles. The van der Waals surface area contributed by atoms with Gasteiger partial charge in [0.25, 0.3) is 0 Å². The van der Waals surface area contributed by atoms with E-state index in [-0.39, 0.29) is 12.8 Å². The van der Waals surface area contributed by atoms with Gasteiger partial charge in [-0.15, -0.1) is 11.3 Å². The minimum absolute atomic E-state index is 0.150. The summed E-state index contributed by atoms with van der Waals surface area (Å²) in [6.45, 7) is 0. The smallest absolute Gasteiger partial charge is 0.326 e. The average Bonchev–Trinajstić information content (AvgIpc) is 2.84. The Morgan fingerprint density at radius 2 is 2.11 bits per heavy atom. The van der Waals surface area contributed by atoms with Crippen LogP contribution in [0.25, 0.3) is 6.08 Å². The summed E-state index contributed by atoms with van der Waals surface area (Å²) >= 11 is 1.44. The number of aliphatic carboxylic acids is 2. The molecule has 1 heterocycles. The molecular formula is C12H13NO5S. The van der Waals surface area contributed by atoms with Crippen LogP contribution in [-0.2, 0) is 14.4 Å². The van der Waals surface area contributed by atoms with E-state index < -0.39 is 23.9 Å². The Morgan fingerprint density at radius 1 is 1.37 bits per heavy atom. The third kappa shape index (κ3) is 5.82. The highest BCUT2D eigenvalue weighted by Crippen LogP contribution is 2.10. The van der Waals surface area contributed by atoms with Crippen LogP contribution in [-0.4, -0.2) is 34.1 Å². The van der Waals surface area contributed by atoms with Crippen LogP contribution in [0.1, 0.15) is 17.7 Å². The molecule has 0 radical (unpaired) electrons. The van der Waals surface area contributed by atoms with Gasteiger partial charge in [0, 0.05) is 17.4 Å². The monoisotopic (exact) mass is 283 g/mol. The predicted molar refractivity (Wildman–Crippen MR) is 69.8 cm³/mol. The number of amides is 1. The summed E-state index contributed by atoms with van der Waals surface area (Å²) in [6.07, 6.45) is 2.33. The van der Waals surface area contributed by atoms with Crippen molar-refractivity contribution in [1.29, 1.82) is 0 Å². The number of nitrogens with one attached hydrogen (secondary N) is 1. The predicted octanol–water partition coefficient (Wildman–Crippen LogP) is 1.20. The summed E-state index contributed by atoms with van der Waals surface area (Å²) in [5.41, 5.74) is 0. The van der Waals surface area contributed by atoms with Crippen LogP contribution in [0.15, 0.2) is 23.6 Å². The van der Waals surface area contributed by atoms with Gasteiger partial charge in [0.05, 0.1) is 0 Å². The van der Waals surface area contributed by atoms with Crippen LogP contribution >= 0.6 is 11.3 Å². The molecule has 0 saturated heterocycles. The second kappa shape index (κ2) is 7.32. The van der Waals surface area contributed by atoms with E-state index in [2.05, 4.69) is 5.32 Å². The fourth-order valence-corrected chi connectivity index (χ4v) is 1.91. The Bertz CT molecular complexity index is 480. The molecule has 1 aromatic rings. The van der Waals surface area contributed by atoms with Gasteiger partial charge in [-0.2, -0.15) is 0 Å². The van der Waals surface area contributed by atoms with Crippen molar-refractivity contribution in [2.75, 3.05) is 0 Å². The lowest BCUT2D eigenvalue weighted by Crippen LogP contribution is -2.40. The van der Waals surface area contributed by atoms with Gasteiger partial charge in [-0.05, 0) is 23.9 Å². The molecule has 0 spiro atoms. The SMILES string of the molecule is O=C(O)CCC(NC(=O)/C=C/c1cccs1)C(=O)O. The number of hydrogen-bond acceptors (Lipinski definition) is 4. The lowest BCUT2D eigenvalue weighted by molar-refractivity contribution is -0.142. The fraction of sp³-hybridized carbons (Fsp3) is 0.250. The van der Waals surface area contributed by atoms with Crippen LogP contribution < -0.4 is 5.32 Å². The van der Waals surface area contributed by atoms with Crippen LogP contribution in [0.5, 0.6) is 0 Å². The number of thiophene rings is 1. The molecular weight excluding hydrogens is 270 g/mol. The van der Waals surface area contributed by atoms with Gasteiger partial charge in [0.1, 0.15) is 6.04 Å². The number of carbonyl (C=O) groups is 3. The molecule has 19 heavy (non-hydrogen) atoms. The Morgan fingerprint density at radius 3 is 2.63 bits per heavy atom. The van der Waals surface area contributed by atoms with Crippen LogP contribution in [0, 0.1) is 0 Å². The zero-order valence-electron chi connectivity index (χ0n) is 9.91. The van der Waals surface area contributed by atoms with E-state index in [0.29, 0.717) is 0 Å². The first-order valence-electron chi connectivity index (χ1n) is 5.45. The molecule has 1 atom stereocenters. The maximum atomic E-state index is 11.5. The van der Waals surface area contributed by atoms with Gasteiger partial charge in [-0.1, -0.05) is 6.07 Å². The molecule has 0 bridgehead atoms. The highest BCUT2D eigenvalue weighted by molar-refractivity contribution is 7.10. The summed E-state index contributed by atoms with van der Waals surface area (Å²) in [7, 11) is 0. The highest BCUT2D eigenvalue weighted by Gasteiger charge is 2.19. The molecule has 1 aromatic heterocycles. The molecule has 1 unspecified atom stereocenters. The van der Waals surface area contributed by atoms with E-state index in [4.69, 9.17) is 10.2 Å². The van der Waals surface area contributed by atoms with Crippen molar-refractivity contribution >= 4 is 35.3 Å². The summed E-state index contributed by atoms with van der Waals surface area (Å²) in [5, 5.41) is 21.4. The summed E-state index contributed by atoms with van der Waals surface area (Å²) < 4.78 is 0. The Hall–Kier alpha value is -2.15. The molecule has 0 aliphatic rings. The number of carbonyl (C=O) groups excluding carboxylic acids is 1. The van der Waals surface area contributed by atoms with E-state index in [0.717, 1.165) is 4.88 Å². The molecule has 6 nitrogen and oxygen atoms in total. The first-order valence-corrected chi connectivity index (χ1v) is 6.33. The van der Waals surface area contributed by atoms with Gasteiger partial charge in [-0.3, -0.25) is 9.59 Å². The van der Waals surface area contributed by atoms with Crippen molar-refractivity contribution in [2.45, 2.75) is 18.9 Å². The van der Waals surface area contributed by atoms with E-state index in [9.17, 15) is 14.4 Å². The van der Waals surface area contributed by atoms with Crippen molar-refractivity contribution in [3.05, 3.63) is 28.5 Å². The number of carboxylic acids is 2. The number of carboxylic acid groups (broad SMARTS) is 2. The first-order chi connectivity index (χ1) is 8.99. The lowest BCUT2D eigenvalue weighted by Gasteiger charge is -2.11. The fourth-order valence-electron chi connectivity index (χ4n) is 1.29. The molecule has 0 aromatic carbocycles. The van der Waals surface area contributed by atoms with Gasteiger partial charge >= 0.3 is 11.9 Å². The minimum atomic E-state index is -1.25. The van der Waals surface area contributed by atoms with Crippen LogP contribution in [0.3, 0.4) is 0 Å². The Balaban J connectivity index is 2.51. The summed E-state index contributed by atoms with van der Waals surface area (Å²) in [6, 6.07) is 2.44. The highest BCUT2D eigenvalue weighted by atomic mass is 32.1. The maximum Gasteiger partial charge on any atom is 0.326 e. The Kier molecular flexibility index (Phi) is 5.74. The van der Waals surface area contributed by atoms with Crippen molar-refractivity contribution in [3.8, 4) is 0 Å². The molecule has 0 fully saturated rings. The average molecular weight is 283 g/mol. The Labute approximate surface area is 113 Å². The molecule has 102 valence electrons. The van der Waals surface area contributed by atoms with Crippen LogP contribution in [0.2, 0.25) is 0 Å². The van der Waals surface area contributed by atoms with Gasteiger partial charge < -0.3 is 15.5 Å². The normalized spacial score (nSPS) is 12.2. The third-order valence-electron chi connectivity index (χ3n) is 2.20. The quantitative estimate of drug-likeness (QED) is 0.652. The molecule has 0 saturated carbocycles. The summed E-state index contributed by atoms with van der Waals surface area (Å²) in [5.74, 6) is -2.92. The lowest BCUT2D eigenvalue weighted by atomic mass is 10.1. The zero-order valence-corrected chi connectivity index (χ0v) is 10.7. The summed E-state index contributed by atoms with van der Waals surface area (Å²) in [4.78, 5) is 33.6. The largest absolute Gasteiger partial charge is 0.481 e. The topological polar surface area (TPSA) is 104 Å². The van der Waals surface area contributed by atoms with E-state index in [1.54, 1.807) is 6.08 Å². The molecule has 1 rings (SSSR count). The van der Waals surface area contributed by atoms with Gasteiger partial charge in [-0.25, -0.2) is 4.79 Å². The van der Waals surface area contributed by atoms with E-state index in [1.807, 2.05) is 17.5 Å². The molecule has 7 heteroatoms. The van der Waals surface area contributed by atoms with Crippen molar-refractivity contribution in [1.82, 2.24) is 5.32 Å². The van der Waals surface area contributed by atoms with Gasteiger partial charge in [0.15, 0.2) is 0 Å². The molecule has 0 aliphatic carbocycles. The zero-order chi connectivity index (χ0) is 14.3.